The molecule has 0 saturated heterocycles. The maximum atomic E-state index is 12.6. The van der Waals surface area contributed by atoms with Crippen molar-refractivity contribution in [1.29, 1.82) is 0 Å². The zero-order valence-corrected chi connectivity index (χ0v) is 15.4. The second-order valence-corrected chi connectivity index (χ2v) is 6.76. The topological polar surface area (TPSA) is 41.6 Å². The van der Waals surface area contributed by atoms with Gasteiger partial charge in [-0.1, -0.05) is 55.5 Å². The second-order valence-electron chi connectivity index (χ2n) is 6.76. The van der Waals surface area contributed by atoms with Crippen LogP contribution in [0.3, 0.4) is 0 Å². The van der Waals surface area contributed by atoms with Crippen LogP contribution in [0.15, 0.2) is 60.2 Å². The molecule has 0 saturated carbocycles. The van der Waals surface area contributed by atoms with E-state index in [0.29, 0.717) is 12.2 Å². The molecule has 4 nitrogen and oxygen atoms in total. The van der Waals surface area contributed by atoms with Crippen LogP contribution in [0.2, 0.25) is 0 Å². The van der Waals surface area contributed by atoms with Gasteiger partial charge in [0.2, 0.25) is 0 Å². The van der Waals surface area contributed by atoms with Crippen LogP contribution in [-0.2, 0) is 11.3 Å². The molecule has 1 atom stereocenters. The Kier molecular flexibility index (Phi) is 6.08. The Balaban J connectivity index is 1.58. The second kappa shape index (κ2) is 8.68. The maximum absolute atomic E-state index is 12.6. The molecule has 1 N–H and O–H groups in total. The average molecular weight is 350 g/mol. The lowest BCUT2D eigenvalue weighted by molar-refractivity contribution is -0.118. The third-order valence-electron chi connectivity index (χ3n) is 4.58. The standard InChI is InChI=1S/C22H26N2O2/c1-3-20(15-24(2)14-17-9-5-4-6-10-17)23-22(25)19-13-18-11-7-8-12-21(18)26-16-19/h4-13,20H,3,14-16H2,1-2H3,(H,23,25). The van der Waals surface area contributed by atoms with Gasteiger partial charge in [-0.05, 0) is 31.2 Å². The van der Waals surface area contributed by atoms with Gasteiger partial charge in [0.25, 0.3) is 5.91 Å². The summed E-state index contributed by atoms with van der Waals surface area (Å²) in [4.78, 5) is 14.9. The number of nitrogens with one attached hydrogen (secondary N) is 1. The van der Waals surface area contributed by atoms with Crippen LogP contribution < -0.4 is 10.1 Å². The summed E-state index contributed by atoms with van der Waals surface area (Å²) in [6.45, 7) is 4.09. The molecule has 2 aromatic rings. The van der Waals surface area contributed by atoms with Gasteiger partial charge in [-0.2, -0.15) is 0 Å². The van der Waals surface area contributed by atoms with Crippen molar-refractivity contribution >= 4 is 12.0 Å². The Morgan fingerprint density at radius 1 is 1.15 bits per heavy atom. The number of fused-ring (bicyclic) bond motifs is 1. The number of carbonyl (C=O) groups excluding carboxylic acids is 1. The molecular formula is C22H26N2O2. The molecule has 4 heteroatoms. The van der Waals surface area contributed by atoms with Crippen molar-refractivity contribution in [1.82, 2.24) is 10.2 Å². The molecule has 1 aliphatic heterocycles. The van der Waals surface area contributed by atoms with Crippen molar-refractivity contribution in [2.45, 2.75) is 25.9 Å². The van der Waals surface area contributed by atoms with E-state index < -0.39 is 0 Å². The summed E-state index contributed by atoms with van der Waals surface area (Å²) in [6.07, 6.45) is 2.81. The third kappa shape index (κ3) is 4.73. The number of hydrogen-bond acceptors (Lipinski definition) is 3. The SMILES string of the molecule is CCC(CN(C)Cc1ccccc1)NC(=O)C1=Cc2ccccc2OC1. The number of rotatable bonds is 7. The summed E-state index contributed by atoms with van der Waals surface area (Å²) < 4.78 is 5.69. The van der Waals surface area contributed by atoms with E-state index >= 15 is 0 Å². The molecule has 0 aliphatic carbocycles. The zero-order chi connectivity index (χ0) is 18.4. The number of ether oxygens (including phenoxy) is 1. The van der Waals surface area contributed by atoms with Crippen molar-refractivity contribution in [3.63, 3.8) is 0 Å². The molecule has 3 rings (SSSR count). The Morgan fingerprint density at radius 2 is 1.88 bits per heavy atom. The molecule has 1 heterocycles. The zero-order valence-electron chi connectivity index (χ0n) is 15.4. The van der Waals surface area contributed by atoms with Gasteiger partial charge in [0.1, 0.15) is 12.4 Å². The number of hydrogen-bond donors (Lipinski definition) is 1. The molecule has 1 aliphatic rings. The van der Waals surface area contributed by atoms with Crippen LogP contribution in [0, 0.1) is 0 Å². The minimum absolute atomic E-state index is 0.0422. The summed E-state index contributed by atoms with van der Waals surface area (Å²) in [7, 11) is 2.08. The Hall–Kier alpha value is -2.59. The first kappa shape index (κ1) is 18.2. The van der Waals surface area contributed by atoms with Crippen LogP contribution in [0.4, 0.5) is 0 Å². The maximum Gasteiger partial charge on any atom is 0.250 e. The van der Waals surface area contributed by atoms with E-state index in [4.69, 9.17) is 4.74 Å². The highest BCUT2D eigenvalue weighted by atomic mass is 16.5. The van der Waals surface area contributed by atoms with Gasteiger partial charge in [-0.25, -0.2) is 0 Å². The van der Waals surface area contributed by atoms with E-state index in [1.807, 2.05) is 36.4 Å². The van der Waals surface area contributed by atoms with Crippen LogP contribution >= 0.6 is 0 Å². The van der Waals surface area contributed by atoms with Crippen molar-refractivity contribution in [3.8, 4) is 5.75 Å². The number of benzene rings is 2. The van der Waals surface area contributed by atoms with Gasteiger partial charge in [-0.15, -0.1) is 0 Å². The van der Waals surface area contributed by atoms with Gasteiger partial charge in [0.05, 0.1) is 5.57 Å². The molecule has 2 aromatic carbocycles. The number of nitrogens with zero attached hydrogens (tertiary/aromatic N) is 1. The summed E-state index contributed by atoms with van der Waals surface area (Å²) in [5.74, 6) is 0.790. The number of amides is 1. The lowest BCUT2D eigenvalue weighted by Gasteiger charge is -2.25. The Morgan fingerprint density at radius 3 is 2.65 bits per heavy atom. The lowest BCUT2D eigenvalue weighted by Crippen LogP contribution is -2.43. The monoisotopic (exact) mass is 350 g/mol. The average Bonchev–Trinajstić information content (AvgIpc) is 2.67. The minimum atomic E-state index is -0.0422. The van der Waals surface area contributed by atoms with Crippen LogP contribution in [0.25, 0.3) is 6.08 Å². The molecule has 1 amide bonds. The van der Waals surface area contributed by atoms with Gasteiger partial charge in [0, 0.05) is 24.7 Å². The van der Waals surface area contributed by atoms with E-state index in [-0.39, 0.29) is 11.9 Å². The predicted octanol–water partition coefficient (Wildman–Crippen LogP) is 3.49. The molecule has 1 unspecified atom stereocenters. The molecule has 0 radical (unpaired) electrons. The van der Waals surface area contributed by atoms with Crippen molar-refractivity contribution < 1.29 is 9.53 Å². The number of likely N-dealkylation sites (N-methyl/N-ethyl adjacent to an activating group) is 1. The molecule has 0 bridgehead atoms. The molecule has 26 heavy (non-hydrogen) atoms. The largest absolute Gasteiger partial charge is 0.488 e. The van der Waals surface area contributed by atoms with E-state index in [2.05, 4.69) is 48.5 Å². The highest BCUT2D eigenvalue weighted by Gasteiger charge is 2.20. The van der Waals surface area contributed by atoms with Crippen molar-refractivity contribution in [2.24, 2.45) is 0 Å². The van der Waals surface area contributed by atoms with E-state index in [0.717, 1.165) is 30.8 Å². The van der Waals surface area contributed by atoms with Crippen LogP contribution in [0.5, 0.6) is 5.75 Å². The minimum Gasteiger partial charge on any atom is -0.488 e. The quantitative estimate of drug-likeness (QED) is 0.831. The first-order valence-corrected chi connectivity index (χ1v) is 9.11. The fraction of sp³-hybridized carbons (Fsp3) is 0.318. The molecule has 136 valence electrons. The fourth-order valence-corrected chi connectivity index (χ4v) is 3.14. The first-order chi connectivity index (χ1) is 12.7. The van der Waals surface area contributed by atoms with Crippen molar-refractivity contribution in [3.05, 3.63) is 71.3 Å². The summed E-state index contributed by atoms with van der Waals surface area (Å²) >= 11 is 0. The van der Waals surface area contributed by atoms with Gasteiger partial charge in [-0.3, -0.25) is 4.79 Å². The van der Waals surface area contributed by atoms with E-state index in [1.54, 1.807) is 0 Å². The number of carbonyl (C=O) groups is 1. The Bertz CT molecular complexity index is 771. The predicted molar refractivity (Wildman–Crippen MR) is 105 cm³/mol. The fourth-order valence-electron chi connectivity index (χ4n) is 3.14. The van der Waals surface area contributed by atoms with Gasteiger partial charge < -0.3 is 15.0 Å². The smallest absolute Gasteiger partial charge is 0.250 e. The molecule has 0 fully saturated rings. The Labute approximate surface area is 155 Å². The molecular weight excluding hydrogens is 324 g/mol. The van der Waals surface area contributed by atoms with E-state index in [1.165, 1.54) is 5.56 Å². The number of para-hydroxylation sites is 1. The van der Waals surface area contributed by atoms with Gasteiger partial charge >= 0.3 is 0 Å². The first-order valence-electron chi connectivity index (χ1n) is 9.11. The van der Waals surface area contributed by atoms with Crippen molar-refractivity contribution in [2.75, 3.05) is 20.2 Å². The van der Waals surface area contributed by atoms with Crippen LogP contribution in [0.1, 0.15) is 24.5 Å². The molecule has 0 spiro atoms. The van der Waals surface area contributed by atoms with Crippen LogP contribution in [-0.4, -0.2) is 37.0 Å². The third-order valence-corrected chi connectivity index (χ3v) is 4.58. The summed E-state index contributed by atoms with van der Waals surface area (Å²) in [5, 5.41) is 3.16. The normalized spacial score (nSPS) is 14.2. The highest BCUT2D eigenvalue weighted by molar-refractivity contribution is 5.99. The highest BCUT2D eigenvalue weighted by Crippen LogP contribution is 2.25. The van der Waals surface area contributed by atoms with E-state index in [9.17, 15) is 4.79 Å². The van der Waals surface area contributed by atoms with Gasteiger partial charge in [0.15, 0.2) is 0 Å². The molecule has 0 aromatic heterocycles. The lowest BCUT2D eigenvalue weighted by atomic mass is 10.1. The summed E-state index contributed by atoms with van der Waals surface area (Å²) in [6, 6.07) is 18.3. The summed E-state index contributed by atoms with van der Waals surface area (Å²) in [5.41, 5.74) is 2.90.